The lowest BCUT2D eigenvalue weighted by Gasteiger charge is -2.37. The molecule has 2 aliphatic rings. The van der Waals surface area contributed by atoms with Crippen molar-refractivity contribution in [2.45, 2.75) is 6.04 Å². The summed E-state index contributed by atoms with van der Waals surface area (Å²) in [5.41, 5.74) is 2.22. The molecule has 0 spiro atoms. The summed E-state index contributed by atoms with van der Waals surface area (Å²) in [5, 5.41) is 0. The van der Waals surface area contributed by atoms with E-state index in [1.165, 1.54) is 12.1 Å². The van der Waals surface area contributed by atoms with Crippen molar-refractivity contribution in [3.8, 4) is 11.5 Å². The molecule has 0 bridgehead atoms. The van der Waals surface area contributed by atoms with Crippen molar-refractivity contribution < 1.29 is 13.9 Å². The Hall–Kier alpha value is -1.88. The maximum Gasteiger partial charge on any atom is 0.231 e. The van der Waals surface area contributed by atoms with Gasteiger partial charge in [0, 0.05) is 29.8 Å². The van der Waals surface area contributed by atoms with E-state index >= 15 is 0 Å². The Morgan fingerprint density at radius 2 is 1.86 bits per heavy atom. The molecule has 0 aromatic heterocycles. The highest BCUT2D eigenvalue weighted by atomic mass is 32.2. The van der Waals surface area contributed by atoms with Crippen LogP contribution in [0.1, 0.15) is 11.6 Å². The second kappa shape index (κ2) is 5.72. The molecule has 2 aliphatic heterocycles. The third-order valence-electron chi connectivity index (χ3n) is 3.96. The van der Waals surface area contributed by atoms with Crippen molar-refractivity contribution >= 4 is 17.4 Å². The van der Waals surface area contributed by atoms with Crippen molar-refractivity contribution in [2.75, 3.05) is 24.0 Å². The van der Waals surface area contributed by atoms with Crippen molar-refractivity contribution in [3.05, 3.63) is 59.6 Å². The number of ether oxygens (including phenoxy) is 2. The van der Waals surface area contributed by atoms with Gasteiger partial charge in [0.1, 0.15) is 5.82 Å². The van der Waals surface area contributed by atoms with Crippen LogP contribution >= 0.6 is 11.8 Å². The van der Waals surface area contributed by atoms with Crippen LogP contribution < -0.4 is 14.4 Å². The molecule has 2 aromatic carbocycles. The van der Waals surface area contributed by atoms with Crippen molar-refractivity contribution in [1.82, 2.24) is 0 Å². The van der Waals surface area contributed by atoms with E-state index in [1.807, 2.05) is 42.1 Å². The van der Waals surface area contributed by atoms with Gasteiger partial charge in [-0.15, -0.1) is 0 Å². The zero-order valence-corrected chi connectivity index (χ0v) is 12.7. The Balaban J connectivity index is 1.67. The first-order valence-electron chi connectivity index (χ1n) is 7.16. The molecule has 0 saturated carbocycles. The molecule has 1 saturated heterocycles. The summed E-state index contributed by atoms with van der Waals surface area (Å²) < 4.78 is 24.0. The summed E-state index contributed by atoms with van der Waals surface area (Å²) in [4.78, 5) is 2.31. The smallest absolute Gasteiger partial charge is 0.231 e. The Morgan fingerprint density at radius 3 is 2.73 bits per heavy atom. The van der Waals surface area contributed by atoms with Crippen molar-refractivity contribution in [3.63, 3.8) is 0 Å². The lowest BCUT2D eigenvalue weighted by molar-refractivity contribution is 0.174. The van der Waals surface area contributed by atoms with Crippen LogP contribution in [0.5, 0.6) is 11.5 Å². The molecule has 1 unspecified atom stereocenters. The van der Waals surface area contributed by atoms with Crippen molar-refractivity contribution in [1.29, 1.82) is 0 Å². The fraction of sp³-hybridized carbons (Fsp3) is 0.235. The maximum atomic E-state index is 13.2. The van der Waals surface area contributed by atoms with Crippen LogP contribution in [0.2, 0.25) is 0 Å². The minimum absolute atomic E-state index is 0.201. The number of halogens is 1. The lowest BCUT2D eigenvalue weighted by atomic mass is 10.1. The average Bonchev–Trinajstić information content (AvgIpc) is 3.03. The molecule has 0 amide bonds. The molecule has 3 nitrogen and oxygen atoms in total. The summed E-state index contributed by atoms with van der Waals surface area (Å²) >= 11 is 1.81. The average molecular weight is 316 g/mol. The second-order valence-electron chi connectivity index (χ2n) is 5.26. The first-order valence-corrected chi connectivity index (χ1v) is 8.21. The first-order chi connectivity index (χ1) is 10.8. The quantitative estimate of drug-likeness (QED) is 0.834. The van der Waals surface area contributed by atoms with Crippen molar-refractivity contribution in [2.24, 2.45) is 0 Å². The molecule has 2 aromatic rings. The van der Waals surface area contributed by atoms with E-state index in [4.69, 9.17) is 9.47 Å². The topological polar surface area (TPSA) is 21.7 Å². The van der Waals surface area contributed by atoms with Crippen LogP contribution in [0, 0.1) is 11.6 Å². The van der Waals surface area contributed by atoms with Crippen LogP contribution in [-0.2, 0) is 0 Å². The predicted molar refractivity (Wildman–Crippen MR) is 85.8 cm³/mol. The molecule has 22 heavy (non-hydrogen) atoms. The lowest BCUT2D eigenvalue weighted by Crippen LogP contribution is -2.34. The first kappa shape index (κ1) is 13.8. The molecular formula is C17H15FNO2S. The molecule has 2 heterocycles. The summed E-state index contributed by atoms with van der Waals surface area (Å²) in [6, 6.07) is 13.0. The second-order valence-corrected chi connectivity index (χ2v) is 6.26. The van der Waals surface area contributed by atoms with Crippen LogP contribution in [-0.4, -0.2) is 19.1 Å². The summed E-state index contributed by atoms with van der Waals surface area (Å²) in [6.45, 7) is 1.12. The SMILES string of the molecule is Fc1ccc(C2CS[CH]CN2c2ccc3c(c2)OCO3)cc1. The van der Waals surface area contributed by atoms with E-state index in [0.717, 1.165) is 35.0 Å². The van der Waals surface area contributed by atoms with Gasteiger partial charge < -0.3 is 14.4 Å². The van der Waals surface area contributed by atoms with E-state index in [-0.39, 0.29) is 18.7 Å². The fourth-order valence-corrected chi connectivity index (χ4v) is 3.78. The van der Waals surface area contributed by atoms with Gasteiger partial charge in [-0.05, 0) is 29.8 Å². The summed E-state index contributed by atoms with van der Waals surface area (Å²) in [6.07, 6.45) is 0. The van der Waals surface area contributed by atoms with Crippen LogP contribution in [0.4, 0.5) is 10.1 Å². The minimum Gasteiger partial charge on any atom is -0.454 e. The Bertz CT molecular complexity index is 677. The highest BCUT2D eigenvalue weighted by Crippen LogP contribution is 2.40. The Labute approximate surface area is 133 Å². The third kappa shape index (κ3) is 2.50. The molecule has 0 aliphatic carbocycles. The number of hydrogen-bond acceptors (Lipinski definition) is 4. The van der Waals surface area contributed by atoms with Gasteiger partial charge >= 0.3 is 0 Å². The monoisotopic (exact) mass is 316 g/mol. The Morgan fingerprint density at radius 1 is 1.05 bits per heavy atom. The minimum atomic E-state index is -0.201. The molecule has 1 atom stereocenters. The number of fused-ring (bicyclic) bond motifs is 1. The number of thioether (sulfide) groups is 1. The highest BCUT2D eigenvalue weighted by molar-refractivity contribution is 8.01. The zero-order valence-electron chi connectivity index (χ0n) is 11.9. The van der Waals surface area contributed by atoms with E-state index in [1.54, 1.807) is 0 Å². The summed E-state index contributed by atoms with van der Waals surface area (Å²) in [7, 11) is 0. The molecule has 1 fully saturated rings. The van der Waals surface area contributed by atoms with Gasteiger partial charge in [-0.25, -0.2) is 4.39 Å². The molecule has 4 rings (SSSR count). The van der Waals surface area contributed by atoms with Gasteiger partial charge in [-0.1, -0.05) is 12.1 Å². The van der Waals surface area contributed by atoms with Crippen LogP contribution in [0.25, 0.3) is 0 Å². The van der Waals surface area contributed by atoms with Gasteiger partial charge in [0.2, 0.25) is 6.79 Å². The van der Waals surface area contributed by atoms with Gasteiger partial charge in [0.15, 0.2) is 11.5 Å². The predicted octanol–water partition coefficient (Wildman–Crippen LogP) is 4.01. The molecular weight excluding hydrogens is 301 g/mol. The van der Waals surface area contributed by atoms with Crippen LogP contribution in [0.3, 0.4) is 0 Å². The standard InChI is InChI=1S/C17H15FNO2S/c18-13-3-1-12(2-4-13)15-10-22-8-7-19(15)14-5-6-16-17(9-14)21-11-20-16/h1-6,8-9,15H,7,10-11H2. The fourth-order valence-electron chi connectivity index (χ4n) is 2.82. The van der Waals surface area contributed by atoms with Gasteiger partial charge in [-0.3, -0.25) is 0 Å². The van der Waals surface area contributed by atoms with E-state index < -0.39 is 0 Å². The number of rotatable bonds is 2. The molecule has 0 N–H and O–H groups in total. The highest BCUT2D eigenvalue weighted by Gasteiger charge is 2.26. The summed E-state index contributed by atoms with van der Waals surface area (Å²) in [5.74, 6) is 4.52. The molecule has 5 heteroatoms. The third-order valence-corrected chi connectivity index (χ3v) is 4.85. The number of nitrogens with zero attached hydrogens (tertiary/aromatic N) is 1. The zero-order chi connectivity index (χ0) is 14.9. The number of hydrogen-bond donors (Lipinski definition) is 0. The van der Waals surface area contributed by atoms with E-state index in [9.17, 15) is 4.39 Å². The van der Waals surface area contributed by atoms with E-state index in [0.29, 0.717) is 0 Å². The van der Waals surface area contributed by atoms with Gasteiger partial charge in [0.25, 0.3) is 0 Å². The largest absolute Gasteiger partial charge is 0.454 e. The van der Waals surface area contributed by atoms with Gasteiger partial charge in [-0.2, -0.15) is 11.8 Å². The maximum absolute atomic E-state index is 13.2. The van der Waals surface area contributed by atoms with E-state index in [2.05, 4.69) is 10.7 Å². The number of benzene rings is 2. The normalized spacial score (nSPS) is 20.2. The molecule has 113 valence electrons. The van der Waals surface area contributed by atoms with Crippen LogP contribution in [0.15, 0.2) is 42.5 Å². The number of anilines is 1. The Kier molecular flexibility index (Phi) is 3.58. The molecule has 1 radical (unpaired) electrons. The van der Waals surface area contributed by atoms with Gasteiger partial charge in [0.05, 0.1) is 6.04 Å².